The topological polar surface area (TPSA) is 50.8 Å². The Hall–Kier alpha value is -2.53. The quantitative estimate of drug-likeness (QED) is 0.874. The fourth-order valence-corrected chi connectivity index (χ4v) is 4.13. The lowest BCUT2D eigenvalue weighted by atomic mass is 10.1. The first-order valence-corrected chi connectivity index (χ1v) is 9.80. The first-order chi connectivity index (χ1) is 13.3. The van der Waals surface area contributed by atoms with Gasteiger partial charge in [-0.3, -0.25) is 9.69 Å². The van der Waals surface area contributed by atoms with Crippen molar-refractivity contribution < 1.29 is 14.3 Å². The van der Waals surface area contributed by atoms with Crippen molar-refractivity contribution in [3.05, 3.63) is 53.6 Å². The van der Waals surface area contributed by atoms with E-state index in [0.717, 1.165) is 48.1 Å². The number of hydrogen-bond donors (Lipinski definition) is 1. The number of nitrogens with one attached hydrogen (secondary N) is 1. The number of likely N-dealkylation sites (tertiary alicyclic amines) is 1. The van der Waals surface area contributed by atoms with E-state index >= 15 is 0 Å². The largest absolute Gasteiger partial charge is 0.454 e. The lowest BCUT2D eigenvalue weighted by molar-refractivity contribution is -0.120. The monoisotopic (exact) mass is 364 g/mol. The van der Waals surface area contributed by atoms with Crippen LogP contribution in [0.25, 0.3) is 0 Å². The first kappa shape index (κ1) is 16.6. The van der Waals surface area contributed by atoms with Crippen LogP contribution in [0.2, 0.25) is 0 Å². The molecule has 0 spiro atoms. The third-order valence-corrected chi connectivity index (χ3v) is 5.74. The van der Waals surface area contributed by atoms with Gasteiger partial charge in [0.25, 0.3) is 0 Å². The lowest BCUT2D eigenvalue weighted by Gasteiger charge is -2.24. The van der Waals surface area contributed by atoms with E-state index in [2.05, 4.69) is 28.4 Å². The van der Waals surface area contributed by atoms with Crippen LogP contribution < -0.4 is 14.8 Å². The predicted octanol–water partition coefficient (Wildman–Crippen LogP) is 3.90. The number of carbonyl (C=O) groups is 1. The molecule has 5 nitrogen and oxygen atoms in total. The molecule has 1 amide bonds. The molecule has 1 N–H and O–H groups in total. The van der Waals surface area contributed by atoms with Crippen molar-refractivity contribution in [2.24, 2.45) is 0 Å². The number of para-hydroxylation sites is 1. The van der Waals surface area contributed by atoms with Crippen LogP contribution >= 0.6 is 0 Å². The number of fused-ring (bicyclic) bond motifs is 1. The second-order valence-corrected chi connectivity index (χ2v) is 7.66. The van der Waals surface area contributed by atoms with Crippen LogP contribution in [0.15, 0.2) is 42.5 Å². The molecule has 1 aliphatic carbocycles. The van der Waals surface area contributed by atoms with Gasteiger partial charge in [-0.15, -0.1) is 0 Å². The van der Waals surface area contributed by atoms with E-state index in [-0.39, 0.29) is 18.7 Å². The summed E-state index contributed by atoms with van der Waals surface area (Å²) < 4.78 is 11.1. The summed E-state index contributed by atoms with van der Waals surface area (Å²) in [5, 5.41) is 3.10. The van der Waals surface area contributed by atoms with E-state index in [9.17, 15) is 4.79 Å². The summed E-state index contributed by atoms with van der Waals surface area (Å²) in [5.74, 6) is 2.43. The number of benzene rings is 2. The van der Waals surface area contributed by atoms with Gasteiger partial charge in [0.2, 0.25) is 12.7 Å². The average Bonchev–Trinajstić information content (AvgIpc) is 3.23. The Morgan fingerprint density at radius 2 is 1.93 bits per heavy atom. The molecule has 27 heavy (non-hydrogen) atoms. The highest BCUT2D eigenvalue weighted by Gasteiger charge is 2.32. The van der Waals surface area contributed by atoms with E-state index in [1.165, 1.54) is 18.4 Å². The maximum absolute atomic E-state index is 12.9. The Morgan fingerprint density at radius 3 is 2.74 bits per heavy atom. The molecule has 1 atom stereocenters. The van der Waals surface area contributed by atoms with E-state index < -0.39 is 0 Å². The zero-order chi connectivity index (χ0) is 18.2. The van der Waals surface area contributed by atoms with Gasteiger partial charge in [-0.1, -0.05) is 24.3 Å². The summed E-state index contributed by atoms with van der Waals surface area (Å²) in [6, 6.07) is 14.2. The number of carbonyl (C=O) groups excluding carboxylic acids is 1. The molecular weight excluding hydrogens is 340 g/mol. The molecule has 2 aromatic carbocycles. The third-order valence-electron chi connectivity index (χ3n) is 5.74. The standard InChI is InChI=1S/C22H24N2O3/c25-22(23-18-10-8-16(9-11-18)15-6-7-15)19-4-2-12-24(19)13-17-3-1-5-20-21(17)27-14-26-20/h1,3,5,8-11,15,19H,2,4,6-7,12-14H2,(H,23,25)/t19-/m1/s1. The zero-order valence-electron chi connectivity index (χ0n) is 15.3. The summed E-state index contributed by atoms with van der Waals surface area (Å²) in [4.78, 5) is 15.1. The molecule has 1 saturated carbocycles. The molecule has 1 saturated heterocycles. The van der Waals surface area contributed by atoms with Crippen LogP contribution in [0, 0.1) is 0 Å². The van der Waals surface area contributed by atoms with Crippen molar-refractivity contribution in [3.8, 4) is 11.5 Å². The number of nitrogens with zero attached hydrogens (tertiary/aromatic N) is 1. The van der Waals surface area contributed by atoms with Crippen LogP contribution in [-0.2, 0) is 11.3 Å². The van der Waals surface area contributed by atoms with Gasteiger partial charge in [-0.25, -0.2) is 0 Å². The molecule has 2 fully saturated rings. The van der Waals surface area contributed by atoms with E-state index in [1.54, 1.807) is 0 Å². The molecule has 2 aromatic rings. The molecule has 2 heterocycles. The fourth-order valence-electron chi connectivity index (χ4n) is 4.13. The van der Waals surface area contributed by atoms with Gasteiger partial charge in [-0.05, 0) is 61.9 Å². The summed E-state index contributed by atoms with van der Waals surface area (Å²) in [6.07, 6.45) is 4.50. The molecule has 0 aromatic heterocycles. The van der Waals surface area contributed by atoms with Gasteiger partial charge in [0, 0.05) is 17.8 Å². The van der Waals surface area contributed by atoms with Gasteiger partial charge >= 0.3 is 0 Å². The molecule has 5 heteroatoms. The van der Waals surface area contributed by atoms with Gasteiger partial charge in [-0.2, -0.15) is 0 Å². The summed E-state index contributed by atoms with van der Waals surface area (Å²) in [7, 11) is 0. The van der Waals surface area contributed by atoms with E-state index in [0.29, 0.717) is 6.54 Å². The van der Waals surface area contributed by atoms with E-state index in [4.69, 9.17) is 9.47 Å². The van der Waals surface area contributed by atoms with Crippen LogP contribution in [0.5, 0.6) is 11.5 Å². The Kier molecular flexibility index (Phi) is 4.24. The summed E-state index contributed by atoms with van der Waals surface area (Å²) in [5.41, 5.74) is 3.35. The Bertz CT molecular complexity index is 845. The van der Waals surface area contributed by atoms with Crippen molar-refractivity contribution in [2.75, 3.05) is 18.7 Å². The third kappa shape index (κ3) is 3.39. The first-order valence-electron chi connectivity index (χ1n) is 9.80. The normalized spacial score (nSPS) is 21.4. The summed E-state index contributed by atoms with van der Waals surface area (Å²) in [6.45, 7) is 1.89. The minimum Gasteiger partial charge on any atom is -0.454 e. The van der Waals surface area contributed by atoms with E-state index in [1.807, 2.05) is 24.3 Å². The summed E-state index contributed by atoms with van der Waals surface area (Å²) >= 11 is 0. The Balaban J connectivity index is 1.26. The molecule has 140 valence electrons. The Morgan fingerprint density at radius 1 is 1.07 bits per heavy atom. The number of anilines is 1. The lowest BCUT2D eigenvalue weighted by Crippen LogP contribution is -2.39. The van der Waals surface area contributed by atoms with Gasteiger partial charge in [0.1, 0.15) is 0 Å². The molecule has 0 radical (unpaired) electrons. The van der Waals surface area contributed by atoms with Crippen LogP contribution in [0.1, 0.15) is 42.7 Å². The van der Waals surface area contributed by atoms with Crippen LogP contribution in [-0.4, -0.2) is 30.2 Å². The molecule has 5 rings (SSSR count). The van der Waals surface area contributed by atoms with Crippen molar-refractivity contribution in [1.29, 1.82) is 0 Å². The number of rotatable bonds is 5. The SMILES string of the molecule is O=C(Nc1ccc(C2CC2)cc1)[C@H]1CCCN1Cc1cccc2c1OCO2. The number of ether oxygens (including phenoxy) is 2. The maximum Gasteiger partial charge on any atom is 0.241 e. The highest BCUT2D eigenvalue weighted by atomic mass is 16.7. The fraction of sp³-hybridized carbons (Fsp3) is 0.409. The molecule has 2 aliphatic heterocycles. The van der Waals surface area contributed by atoms with Gasteiger partial charge in [0.05, 0.1) is 6.04 Å². The maximum atomic E-state index is 12.9. The number of amides is 1. The predicted molar refractivity (Wildman–Crippen MR) is 103 cm³/mol. The van der Waals surface area contributed by atoms with Crippen molar-refractivity contribution in [3.63, 3.8) is 0 Å². The smallest absolute Gasteiger partial charge is 0.241 e. The molecule has 0 bridgehead atoms. The van der Waals surface area contributed by atoms with Gasteiger partial charge < -0.3 is 14.8 Å². The molecular formula is C22H24N2O3. The minimum atomic E-state index is -0.105. The highest BCUT2D eigenvalue weighted by molar-refractivity contribution is 5.95. The highest BCUT2D eigenvalue weighted by Crippen LogP contribution is 2.40. The number of hydrogen-bond acceptors (Lipinski definition) is 4. The average molecular weight is 364 g/mol. The minimum absolute atomic E-state index is 0.0800. The van der Waals surface area contributed by atoms with Crippen LogP contribution in [0.4, 0.5) is 5.69 Å². The second-order valence-electron chi connectivity index (χ2n) is 7.66. The van der Waals surface area contributed by atoms with Crippen LogP contribution in [0.3, 0.4) is 0 Å². The van der Waals surface area contributed by atoms with Crippen molar-refractivity contribution in [2.45, 2.75) is 44.2 Å². The molecule has 0 unspecified atom stereocenters. The second kappa shape index (κ2) is 6.89. The Labute approximate surface area is 159 Å². The van der Waals surface area contributed by atoms with Gasteiger partial charge in [0.15, 0.2) is 11.5 Å². The van der Waals surface area contributed by atoms with Crippen molar-refractivity contribution >= 4 is 11.6 Å². The zero-order valence-corrected chi connectivity index (χ0v) is 15.3. The van der Waals surface area contributed by atoms with Crippen molar-refractivity contribution in [1.82, 2.24) is 4.90 Å². The molecule has 3 aliphatic rings.